The van der Waals surface area contributed by atoms with Crippen LogP contribution in [0.4, 0.5) is 10.5 Å². The predicted octanol–water partition coefficient (Wildman–Crippen LogP) is 0.885. The van der Waals surface area contributed by atoms with Crippen molar-refractivity contribution in [2.24, 2.45) is 0 Å². The maximum atomic E-state index is 11.8. The smallest absolute Gasteiger partial charge is 0.414 e. The topological polar surface area (TPSA) is 75.7 Å². The maximum Gasteiger partial charge on any atom is 0.414 e. The number of carbonyl (C=O) groups is 2. The number of hydrogen-bond acceptors (Lipinski definition) is 4. The molecule has 1 aromatic rings. The van der Waals surface area contributed by atoms with Crippen LogP contribution in [-0.4, -0.2) is 41.7 Å². The van der Waals surface area contributed by atoms with Gasteiger partial charge in [-0.1, -0.05) is 0 Å². The van der Waals surface area contributed by atoms with Crippen molar-refractivity contribution in [2.45, 2.75) is 17.9 Å². The average Bonchev–Trinajstić information content (AvgIpc) is 2.78. The number of carbonyl (C=O) groups excluding carboxylic acids is 2. The minimum absolute atomic E-state index is 0.158. The van der Waals surface area contributed by atoms with Gasteiger partial charge in [0.1, 0.15) is 6.10 Å². The van der Waals surface area contributed by atoms with Crippen molar-refractivity contribution in [3.63, 3.8) is 0 Å². The summed E-state index contributed by atoms with van der Waals surface area (Å²) in [4.78, 5) is 24.8. The van der Waals surface area contributed by atoms with E-state index in [0.717, 1.165) is 0 Å². The van der Waals surface area contributed by atoms with Crippen LogP contribution in [0.5, 0.6) is 0 Å². The lowest BCUT2D eigenvalue weighted by molar-refractivity contribution is -0.119. The average molecular weight is 296 g/mol. The number of cyclic esters (lactones) is 1. The van der Waals surface area contributed by atoms with Gasteiger partial charge >= 0.3 is 6.09 Å². The molecule has 2 rings (SSSR count). The summed E-state index contributed by atoms with van der Waals surface area (Å²) >= 11 is 0. The molecule has 1 N–H and O–H groups in total. The van der Waals surface area contributed by atoms with Crippen molar-refractivity contribution in [3.8, 4) is 0 Å². The number of anilines is 1. The third-order valence-electron chi connectivity index (χ3n) is 2.93. The van der Waals surface area contributed by atoms with Gasteiger partial charge < -0.3 is 10.1 Å². The highest BCUT2D eigenvalue weighted by molar-refractivity contribution is 7.84. The van der Waals surface area contributed by atoms with E-state index in [0.29, 0.717) is 23.7 Å². The molecule has 20 heavy (non-hydrogen) atoms. The van der Waals surface area contributed by atoms with Crippen molar-refractivity contribution in [1.82, 2.24) is 5.32 Å². The first kappa shape index (κ1) is 14.5. The molecule has 1 aliphatic rings. The third kappa shape index (κ3) is 3.36. The predicted molar refractivity (Wildman–Crippen MR) is 75.1 cm³/mol. The Bertz CT molecular complexity index is 544. The number of nitrogens with one attached hydrogen (secondary N) is 1. The van der Waals surface area contributed by atoms with Crippen LogP contribution < -0.4 is 10.2 Å². The monoisotopic (exact) mass is 296 g/mol. The van der Waals surface area contributed by atoms with Gasteiger partial charge in [0, 0.05) is 34.6 Å². The summed E-state index contributed by atoms with van der Waals surface area (Å²) in [5.41, 5.74) is 0.689. The highest BCUT2D eigenvalue weighted by Gasteiger charge is 2.32. The summed E-state index contributed by atoms with van der Waals surface area (Å²) in [6.07, 6.45) is 0.805. The Labute approximate surface area is 119 Å². The van der Waals surface area contributed by atoms with Gasteiger partial charge in [-0.25, -0.2) is 4.79 Å². The molecule has 2 amide bonds. The number of rotatable bonds is 4. The van der Waals surface area contributed by atoms with Gasteiger partial charge in [0.05, 0.1) is 13.1 Å². The number of hydrogen-bond donors (Lipinski definition) is 1. The molecule has 1 saturated heterocycles. The Balaban J connectivity index is 2.03. The fraction of sp³-hybridized carbons (Fsp3) is 0.385. The standard InChI is InChI=1S/C13H16N2O4S/c1-9(16)14-7-11-8-15(13(17)19-11)10-3-5-12(6-4-10)20(2)18/h3-6,11H,7-8H2,1-2H3,(H,14,16)/t11-,20?/m1/s1. The van der Waals surface area contributed by atoms with Crippen LogP contribution in [0.3, 0.4) is 0 Å². The minimum atomic E-state index is -1.04. The van der Waals surface area contributed by atoms with Crippen LogP contribution in [0.2, 0.25) is 0 Å². The molecular formula is C13H16N2O4S. The Hall–Kier alpha value is -1.89. The number of benzene rings is 1. The molecule has 6 nitrogen and oxygen atoms in total. The van der Waals surface area contributed by atoms with Gasteiger partial charge in [-0.15, -0.1) is 0 Å². The van der Waals surface area contributed by atoms with Gasteiger partial charge in [-0.3, -0.25) is 13.9 Å². The molecule has 1 unspecified atom stereocenters. The van der Waals surface area contributed by atoms with Crippen molar-refractivity contribution < 1.29 is 18.5 Å². The highest BCUT2D eigenvalue weighted by atomic mass is 32.2. The lowest BCUT2D eigenvalue weighted by atomic mass is 10.2. The van der Waals surface area contributed by atoms with Crippen LogP contribution in [0.25, 0.3) is 0 Å². The van der Waals surface area contributed by atoms with Gasteiger partial charge in [-0.2, -0.15) is 0 Å². The summed E-state index contributed by atoms with van der Waals surface area (Å²) in [7, 11) is -1.04. The van der Waals surface area contributed by atoms with E-state index in [4.69, 9.17) is 4.74 Å². The van der Waals surface area contributed by atoms with Crippen LogP contribution in [0.1, 0.15) is 6.92 Å². The first-order valence-corrected chi connectivity index (χ1v) is 7.69. The Morgan fingerprint density at radius 1 is 1.45 bits per heavy atom. The molecule has 2 atom stereocenters. The van der Waals surface area contributed by atoms with Crippen LogP contribution in [-0.2, 0) is 20.3 Å². The van der Waals surface area contributed by atoms with Crippen molar-refractivity contribution in [2.75, 3.05) is 24.2 Å². The Morgan fingerprint density at radius 3 is 2.65 bits per heavy atom. The van der Waals surface area contributed by atoms with Crippen molar-refractivity contribution in [1.29, 1.82) is 0 Å². The molecule has 0 aromatic heterocycles. The fourth-order valence-electron chi connectivity index (χ4n) is 1.91. The number of ether oxygens (including phenoxy) is 1. The third-order valence-corrected chi connectivity index (χ3v) is 3.87. The lowest BCUT2D eigenvalue weighted by Gasteiger charge is -2.13. The van der Waals surface area contributed by atoms with E-state index in [1.807, 2.05) is 0 Å². The zero-order valence-corrected chi connectivity index (χ0v) is 12.1. The van der Waals surface area contributed by atoms with Crippen LogP contribution >= 0.6 is 0 Å². The Morgan fingerprint density at radius 2 is 2.10 bits per heavy atom. The Kier molecular flexibility index (Phi) is 4.39. The molecule has 0 saturated carbocycles. The molecule has 1 heterocycles. The summed E-state index contributed by atoms with van der Waals surface area (Å²) in [5, 5.41) is 2.62. The lowest BCUT2D eigenvalue weighted by Crippen LogP contribution is -2.33. The molecule has 1 aliphatic heterocycles. The van der Waals surface area contributed by atoms with E-state index < -0.39 is 16.9 Å². The molecule has 0 aliphatic carbocycles. The first-order chi connectivity index (χ1) is 9.47. The van der Waals surface area contributed by atoms with E-state index in [1.165, 1.54) is 11.8 Å². The molecule has 7 heteroatoms. The second-order valence-corrected chi connectivity index (χ2v) is 5.88. The second kappa shape index (κ2) is 6.04. The molecule has 0 radical (unpaired) electrons. The van der Waals surface area contributed by atoms with E-state index in [9.17, 15) is 13.8 Å². The van der Waals surface area contributed by atoms with Crippen molar-refractivity contribution >= 4 is 28.5 Å². The normalized spacial score (nSPS) is 19.6. The molecule has 1 fully saturated rings. The van der Waals surface area contributed by atoms with E-state index in [2.05, 4.69) is 5.32 Å². The second-order valence-electron chi connectivity index (χ2n) is 4.50. The van der Waals surface area contributed by atoms with E-state index in [1.54, 1.807) is 30.5 Å². The summed E-state index contributed by atoms with van der Waals surface area (Å²) in [6.45, 7) is 2.10. The fourth-order valence-corrected chi connectivity index (χ4v) is 2.43. The van der Waals surface area contributed by atoms with E-state index in [-0.39, 0.29) is 12.0 Å². The quantitative estimate of drug-likeness (QED) is 0.895. The van der Waals surface area contributed by atoms with Gasteiger partial charge in [0.25, 0.3) is 0 Å². The number of nitrogens with zero attached hydrogens (tertiary/aromatic N) is 1. The molecule has 108 valence electrons. The van der Waals surface area contributed by atoms with Crippen LogP contribution in [0.15, 0.2) is 29.2 Å². The van der Waals surface area contributed by atoms with Gasteiger partial charge in [0.2, 0.25) is 5.91 Å². The SMILES string of the molecule is CC(=O)NC[C@@H]1CN(c2ccc(S(C)=O)cc2)C(=O)O1. The highest BCUT2D eigenvalue weighted by Crippen LogP contribution is 2.22. The molecule has 0 bridgehead atoms. The number of amides is 2. The molecular weight excluding hydrogens is 280 g/mol. The van der Waals surface area contributed by atoms with E-state index >= 15 is 0 Å². The largest absolute Gasteiger partial charge is 0.442 e. The summed E-state index contributed by atoms with van der Waals surface area (Å²) < 4.78 is 16.5. The zero-order valence-electron chi connectivity index (χ0n) is 11.3. The summed E-state index contributed by atoms with van der Waals surface area (Å²) in [6, 6.07) is 6.91. The molecule has 0 spiro atoms. The van der Waals surface area contributed by atoms with Crippen molar-refractivity contribution in [3.05, 3.63) is 24.3 Å². The molecule has 1 aromatic carbocycles. The van der Waals surface area contributed by atoms with Gasteiger partial charge in [0.15, 0.2) is 0 Å². The van der Waals surface area contributed by atoms with Gasteiger partial charge in [-0.05, 0) is 24.3 Å². The zero-order chi connectivity index (χ0) is 14.7. The first-order valence-electron chi connectivity index (χ1n) is 6.13. The maximum absolute atomic E-state index is 11.8. The van der Waals surface area contributed by atoms with Crippen LogP contribution in [0, 0.1) is 0 Å². The minimum Gasteiger partial charge on any atom is -0.442 e. The summed E-state index contributed by atoms with van der Waals surface area (Å²) in [5.74, 6) is -0.158.